The molecule has 0 radical (unpaired) electrons. The second-order valence-electron chi connectivity index (χ2n) is 10.3. The molecule has 0 amide bonds. The number of nitrogens with zero attached hydrogens (tertiary/aromatic N) is 2. The normalized spacial score (nSPS) is 14.9. The Balaban J connectivity index is 1.37. The first-order valence-electron chi connectivity index (χ1n) is 12.6. The van der Waals surface area contributed by atoms with Crippen LogP contribution < -0.4 is 4.90 Å². The van der Waals surface area contributed by atoms with Crippen LogP contribution in [0.15, 0.2) is 85.1 Å². The molecule has 0 bridgehead atoms. The van der Waals surface area contributed by atoms with Crippen LogP contribution in [-0.2, 0) is 25.7 Å². The van der Waals surface area contributed by atoms with E-state index in [0.29, 0.717) is 0 Å². The summed E-state index contributed by atoms with van der Waals surface area (Å²) in [4.78, 5) is 7.43. The number of hydrogen-bond donors (Lipinski definition) is 0. The third-order valence-electron chi connectivity index (χ3n) is 8.60. The van der Waals surface area contributed by atoms with E-state index >= 15 is 0 Å². The van der Waals surface area contributed by atoms with E-state index in [1.165, 1.54) is 84.0 Å². The number of hydrogen-bond acceptors (Lipinski definition) is 2. The molecule has 0 unspecified atom stereocenters. The van der Waals surface area contributed by atoms with Gasteiger partial charge < -0.3 is 4.90 Å². The Morgan fingerprint density at radius 2 is 1.34 bits per heavy atom. The first-order chi connectivity index (χ1) is 17.3. The molecule has 5 aromatic rings. The van der Waals surface area contributed by atoms with E-state index in [0.717, 1.165) is 25.7 Å². The molecule has 164 valence electrons. The summed E-state index contributed by atoms with van der Waals surface area (Å²) in [5.41, 5.74) is 21.2. The third kappa shape index (κ3) is 2.23. The van der Waals surface area contributed by atoms with Gasteiger partial charge in [0.05, 0.1) is 22.8 Å². The van der Waals surface area contributed by atoms with Gasteiger partial charge in [-0.1, -0.05) is 54.6 Å². The summed E-state index contributed by atoms with van der Waals surface area (Å²) in [6.45, 7) is 0. The average molecular weight is 447 g/mol. The van der Waals surface area contributed by atoms with Crippen molar-refractivity contribution in [3.8, 4) is 22.3 Å². The van der Waals surface area contributed by atoms with Crippen molar-refractivity contribution in [1.82, 2.24) is 4.98 Å². The van der Waals surface area contributed by atoms with Gasteiger partial charge in [0.2, 0.25) is 0 Å². The van der Waals surface area contributed by atoms with Gasteiger partial charge in [-0.05, 0) is 98.3 Å². The Morgan fingerprint density at radius 3 is 2.26 bits per heavy atom. The lowest BCUT2D eigenvalue weighted by Gasteiger charge is -2.40. The highest BCUT2D eigenvalue weighted by atomic mass is 15.2. The fourth-order valence-electron chi connectivity index (χ4n) is 7.18. The van der Waals surface area contributed by atoms with Crippen molar-refractivity contribution in [3.63, 3.8) is 0 Å². The van der Waals surface area contributed by atoms with E-state index in [1.807, 2.05) is 6.20 Å². The zero-order valence-corrected chi connectivity index (χ0v) is 19.3. The predicted octanol–water partition coefficient (Wildman–Crippen LogP) is 7.50. The molecule has 0 fully saturated rings. The lowest BCUT2D eigenvalue weighted by Crippen LogP contribution is -2.26. The quantitative estimate of drug-likeness (QED) is 0.240. The Hall–Kier alpha value is -4.17. The summed E-state index contributed by atoms with van der Waals surface area (Å²) in [6, 6.07) is 29.5. The molecule has 35 heavy (non-hydrogen) atoms. The van der Waals surface area contributed by atoms with Crippen molar-refractivity contribution in [1.29, 1.82) is 0 Å². The van der Waals surface area contributed by atoms with Crippen molar-refractivity contribution in [2.75, 3.05) is 4.90 Å². The van der Waals surface area contributed by atoms with Gasteiger partial charge in [-0.2, -0.15) is 0 Å². The van der Waals surface area contributed by atoms with Crippen LogP contribution in [0.5, 0.6) is 0 Å². The predicted molar refractivity (Wildman–Crippen MR) is 141 cm³/mol. The number of anilines is 3. The largest absolute Gasteiger partial charge is 0.308 e. The highest BCUT2D eigenvalue weighted by Crippen LogP contribution is 2.56. The summed E-state index contributed by atoms with van der Waals surface area (Å²) in [5.74, 6) is 0. The fraction of sp³-hybridized carbons (Fsp3) is 0.121. The summed E-state index contributed by atoms with van der Waals surface area (Å²) < 4.78 is 0. The topological polar surface area (TPSA) is 16.1 Å². The van der Waals surface area contributed by atoms with E-state index in [-0.39, 0.29) is 0 Å². The highest BCUT2D eigenvalue weighted by molar-refractivity contribution is 5.96. The zero-order valence-electron chi connectivity index (χ0n) is 19.3. The molecular weight excluding hydrogens is 424 g/mol. The molecule has 0 saturated heterocycles. The van der Waals surface area contributed by atoms with E-state index in [4.69, 9.17) is 4.98 Å². The van der Waals surface area contributed by atoms with E-state index in [2.05, 4.69) is 83.8 Å². The first-order valence-corrected chi connectivity index (χ1v) is 12.6. The van der Waals surface area contributed by atoms with Crippen molar-refractivity contribution in [2.45, 2.75) is 25.7 Å². The third-order valence-corrected chi connectivity index (χ3v) is 8.60. The lowest BCUT2D eigenvalue weighted by atomic mass is 9.81. The van der Waals surface area contributed by atoms with Gasteiger partial charge in [0.25, 0.3) is 0 Å². The maximum Gasteiger partial charge on any atom is 0.0688 e. The molecular formula is C33H22N2. The minimum Gasteiger partial charge on any atom is -0.308 e. The Labute approximate surface area is 204 Å². The van der Waals surface area contributed by atoms with Gasteiger partial charge in [-0.25, -0.2) is 0 Å². The van der Waals surface area contributed by atoms with Crippen LogP contribution in [-0.4, -0.2) is 4.98 Å². The maximum atomic E-state index is 4.88. The van der Waals surface area contributed by atoms with Crippen molar-refractivity contribution in [2.24, 2.45) is 0 Å². The summed E-state index contributed by atoms with van der Waals surface area (Å²) >= 11 is 0. The smallest absolute Gasteiger partial charge is 0.0688 e. The number of rotatable bonds is 0. The van der Waals surface area contributed by atoms with Crippen molar-refractivity contribution < 1.29 is 0 Å². The van der Waals surface area contributed by atoms with E-state index in [9.17, 15) is 0 Å². The molecule has 9 rings (SSSR count). The highest BCUT2D eigenvalue weighted by Gasteiger charge is 2.38. The van der Waals surface area contributed by atoms with E-state index < -0.39 is 0 Å². The van der Waals surface area contributed by atoms with Crippen molar-refractivity contribution in [3.05, 3.63) is 130 Å². The van der Waals surface area contributed by atoms with Crippen LogP contribution in [0.1, 0.15) is 44.6 Å². The number of pyridine rings is 1. The molecule has 0 spiro atoms. The van der Waals surface area contributed by atoms with Gasteiger partial charge >= 0.3 is 0 Å². The molecule has 0 atom stereocenters. The Bertz CT molecular complexity index is 1760. The minimum atomic E-state index is 0.912. The van der Waals surface area contributed by atoms with Gasteiger partial charge in [-0.15, -0.1) is 0 Å². The molecule has 1 aromatic heterocycles. The molecule has 2 aliphatic heterocycles. The summed E-state index contributed by atoms with van der Waals surface area (Å²) in [5, 5.41) is 0. The second-order valence-corrected chi connectivity index (χ2v) is 10.3. The molecule has 4 aliphatic rings. The molecule has 4 aromatic carbocycles. The standard InChI is InChI=1S/C33H22N2/c1-3-8-23-20(7-1)15-26-25(23)16-22-17-28-30(12-11-21-14-19-6-2-4-9-24(19)32(21)28)35-31-10-5-13-34-29(31)18-27(26)33(22)35/h1-13,16H,14-15,17-18H2. The lowest BCUT2D eigenvalue weighted by molar-refractivity contribution is 0.956. The number of fused-ring (bicyclic) bond motifs is 12. The number of benzene rings is 4. The molecule has 2 heteroatoms. The Kier molecular flexibility index (Phi) is 3.27. The van der Waals surface area contributed by atoms with E-state index in [1.54, 1.807) is 0 Å². The molecule has 3 heterocycles. The summed E-state index contributed by atoms with van der Waals surface area (Å²) in [6.07, 6.45) is 5.90. The van der Waals surface area contributed by atoms with Crippen LogP contribution in [0.2, 0.25) is 0 Å². The van der Waals surface area contributed by atoms with Gasteiger partial charge in [0.15, 0.2) is 0 Å². The van der Waals surface area contributed by atoms with Gasteiger partial charge in [0, 0.05) is 19.0 Å². The van der Waals surface area contributed by atoms with Crippen LogP contribution >= 0.6 is 0 Å². The maximum absolute atomic E-state index is 4.88. The number of aromatic nitrogens is 1. The second kappa shape index (κ2) is 6.28. The molecule has 2 nitrogen and oxygen atoms in total. The average Bonchev–Trinajstić information content (AvgIpc) is 3.47. The fourth-order valence-corrected chi connectivity index (χ4v) is 7.18. The SMILES string of the molecule is c1ccc2c(c1)Cc1c-2cc2c3c1Cc1ncccc1N3c1ccc3c(c1C2)-c1ccccc1C3. The minimum absolute atomic E-state index is 0.912. The zero-order chi connectivity index (χ0) is 22.7. The van der Waals surface area contributed by atoms with Crippen LogP contribution in [0, 0.1) is 0 Å². The van der Waals surface area contributed by atoms with Crippen molar-refractivity contribution >= 4 is 17.1 Å². The molecule has 0 saturated carbocycles. The molecule has 2 aliphatic carbocycles. The van der Waals surface area contributed by atoms with Gasteiger partial charge in [-0.3, -0.25) is 4.98 Å². The van der Waals surface area contributed by atoms with Crippen LogP contribution in [0.3, 0.4) is 0 Å². The van der Waals surface area contributed by atoms with Crippen LogP contribution in [0.25, 0.3) is 22.3 Å². The summed E-state index contributed by atoms with van der Waals surface area (Å²) in [7, 11) is 0. The van der Waals surface area contributed by atoms with Gasteiger partial charge in [0.1, 0.15) is 0 Å². The molecule has 0 N–H and O–H groups in total. The first kappa shape index (κ1) is 18.2. The van der Waals surface area contributed by atoms with Crippen LogP contribution in [0.4, 0.5) is 17.1 Å². The Morgan fingerprint density at radius 1 is 0.543 bits per heavy atom. The monoisotopic (exact) mass is 446 g/mol.